The van der Waals surface area contributed by atoms with Gasteiger partial charge in [-0.15, -0.1) is 0 Å². The fraction of sp³-hybridized carbons (Fsp3) is 0.333. The van der Waals surface area contributed by atoms with Crippen molar-refractivity contribution in [3.8, 4) is 0 Å². The molecule has 8 nitrogen and oxygen atoms in total. The number of piperazine rings is 1. The average Bonchev–Trinajstić information content (AvgIpc) is 2.89. The zero-order valence-electron chi connectivity index (χ0n) is 10.8. The van der Waals surface area contributed by atoms with Crippen LogP contribution in [0.15, 0.2) is 10.5 Å². The fourth-order valence-electron chi connectivity index (χ4n) is 2.15. The molecule has 0 aromatic carbocycles. The molecule has 0 aliphatic carbocycles. The molecule has 110 valence electrons. The minimum Gasteiger partial charge on any atom is -0.465 e. The number of pyridine rings is 1. The number of amides is 1. The number of carboxylic acid groups (broad SMARTS) is 1. The third-order valence-corrected chi connectivity index (χ3v) is 3.60. The quantitative estimate of drug-likeness (QED) is 0.662. The zero-order valence-corrected chi connectivity index (χ0v) is 11.6. The van der Waals surface area contributed by atoms with Crippen LogP contribution in [0, 0.1) is 0 Å². The Morgan fingerprint density at radius 3 is 2.67 bits per heavy atom. The maximum absolute atomic E-state index is 10.9. The van der Waals surface area contributed by atoms with Crippen molar-refractivity contribution in [2.24, 2.45) is 0 Å². The minimum absolute atomic E-state index is 0.0769. The van der Waals surface area contributed by atoms with Crippen LogP contribution in [0.5, 0.6) is 0 Å². The largest absolute Gasteiger partial charge is 0.465 e. The van der Waals surface area contributed by atoms with Crippen LogP contribution in [0.25, 0.3) is 11.2 Å². The van der Waals surface area contributed by atoms with E-state index in [9.17, 15) is 9.59 Å². The Bertz CT molecular complexity index is 709. The molecular formula is C12H11ClN4O4. The normalized spacial score (nSPS) is 15.5. The molecule has 21 heavy (non-hydrogen) atoms. The first-order valence-electron chi connectivity index (χ1n) is 6.23. The van der Waals surface area contributed by atoms with Gasteiger partial charge >= 0.3 is 6.09 Å². The SMILES string of the molecule is O=Cc1cc2oc(N3CCN(C(=O)O)CC3)nc2nc1Cl. The number of halogens is 1. The van der Waals surface area contributed by atoms with Gasteiger partial charge in [0.25, 0.3) is 6.01 Å². The molecule has 2 aromatic heterocycles. The second-order valence-corrected chi connectivity index (χ2v) is 4.92. The molecule has 9 heteroatoms. The Hall–Kier alpha value is -2.35. The number of aromatic nitrogens is 2. The van der Waals surface area contributed by atoms with Crippen molar-refractivity contribution < 1.29 is 19.1 Å². The highest BCUT2D eigenvalue weighted by Gasteiger charge is 2.24. The summed E-state index contributed by atoms with van der Waals surface area (Å²) in [4.78, 5) is 33.1. The second-order valence-electron chi connectivity index (χ2n) is 4.56. The van der Waals surface area contributed by atoms with Gasteiger partial charge in [0.1, 0.15) is 5.15 Å². The molecule has 0 atom stereocenters. The summed E-state index contributed by atoms with van der Waals surface area (Å²) in [5.74, 6) is 0. The van der Waals surface area contributed by atoms with E-state index in [1.165, 1.54) is 11.0 Å². The molecule has 3 rings (SSSR count). The monoisotopic (exact) mass is 310 g/mol. The zero-order chi connectivity index (χ0) is 15.0. The van der Waals surface area contributed by atoms with E-state index in [1.54, 1.807) is 0 Å². The van der Waals surface area contributed by atoms with E-state index >= 15 is 0 Å². The lowest BCUT2D eigenvalue weighted by atomic mass is 10.3. The van der Waals surface area contributed by atoms with E-state index in [1.807, 2.05) is 4.90 Å². The molecule has 1 amide bonds. The Morgan fingerprint density at radius 1 is 1.33 bits per heavy atom. The summed E-state index contributed by atoms with van der Waals surface area (Å²) < 4.78 is 5.57. The Morgan fingerprint density at radius 2 is 2.05 bits per heavy atom. The van der Waals surface area contributed by atoms with Crippen molar-refractivity contribution in [2.75, 3.05) is 31.1 Å². The Balaban J connectivity index is 1.85. The van der Waals surface area contributed by atoms with Crippen molar-refractivity contribution in [1.82, 2.24) is 14.9 Å². The molecule has 0 radical (unpaired) electrons. The highest BCUT2D eigenvalue weighted by Crippen LogP contribution is 2.25. The lowest BCUT2D eigenvalue weighted by molar-refractivity contribution is 0.112. The summed E-state index contributed by atoms with van der Waals surface area (Å²) in [6.07, 6.45) is -0.334. The standard InChI is InChI=1S/C12H11ClN4O4/c13-9-7(6-18)5-8-10(14-9)15-11(21-8)16-1-3-17(4-2-16)12(19)20/h5-6H,1-4H2,(H,19,20). The lowest BCUT2D eigenvalue weighted by Crippen LogP contribution is -2.48. The molecule has 3 heterocycles. The van der Waals surface area contributed by atoms with E-state index in [0.29, 0.717) is 49.7 Å². The number of nitrogens with zero attached hydrogens (tertiary/aromatic N) is 4. The second kappa shape index (κ2) is 5.21. The van der Waals surface area contributed by atoms with E-state index < -0.39 is 6.09 Å². The highest BCUT2D eigenvalue weighted by molar-refractivity contribution is 6.32. The predicted octanol–water partition coefficient (Wildman–Crippen LogP) is 1.49. The number of hydrogen-bond donors (Lipinski definition) is 1. The predicted molar refractivity (Wildman–Crippen MR) is 74.0 cm³/mol. The fourth-order valence-corrected chi connectivity index (χ4v) is 2.33. The van der Waals surface area contributed by atoms with Crippen LogP contribution in [0.3, 0.4) is 0 Å². The number of hydrogen-bond acceptors (Lipinski definition) is 6. The summed E-state index contributed by atoms with van der Waals surface area (Å²) in [6.45, 7) is 1.71. The van der Waals surface area contributed by atoms with E-state index in [2.05, 4.69) is 9.97 Å². The van der Waals surface area contributed by atoms with Gasteiger partial charge in [0.15, 0.2) is 11.9 Å². The van der Waals surface area contributed by atoms with Gasteiger partial charge in [-0.3, -0.25) is 4.79 Å². The van der Waals surface area contributed by atoms with Crippen LogP contribution < -0.4 is 4.90 Å². The number of oxazole rings is 1. The minimum atomic E-state index is -0.934. The maximum atomic E-state index is 10.9. The highest BCUT2D eigenvalue weighted by atomic mass is 35.5. The van der Waals surface area contributed by atoms with Gasteiger partial charge in [0.05, 0.1) is 5.56 Å². The topological polar surface area (TPSA) is 99.8 Å². The van der Waals surface area contributed by atoms with Gasteiger partial charge in [-0.25, -0.2) is 9.78 Å². The summed E-state index contributed by atoms with van der Waals surface area (Å²) >= 11 is 5.84. The number of fused-ring (bicyclic) bond motifs is 1. The first-order valence-corrected chi connectivity index (χ1v) is 6.61. The van der Waals surface area contributed by atoms with E-state index in [4.69, 9.17) is 21.1 Å². The van der Waals surface area contributed by atoms with Crippen LogP contribution in [0.2, 0.25) is 5.15 Å². The number of rotatable bonds is 2. The van der Waals surface area contributed by atoms with Gasteiger partial charge in [0, 0.05) is 26.2 Å². The lowest BCUT2D eigenvalue weighted by Gasteiger charge is -2.31. The summed E-state index contributed by atoms with van der Waals surface area (Å²) in [5.41, 5.74) is 0.931. The smallest absolute Gasteiger partial charge is 0.407 e. The molecule has 0 bridgehead atoms. The number of aldehydes is 1. The molecule has 1 aliphatic rings. The maximum Gasteiger partial charge on any atom is 0.407 e. The summed E-state index contributed by atoms with van der Waals surface area (Å²) in [5, 5.41) is 8.99. The molecule has 2 aromatic rings. The van der Waals surface area contributed by atoms with Gasteiger partial charge < -0.3 is 19.3 Å². The van der Waals surface area contributed by atoms with Crippen LogP contribution in [0.4, 0.5) is 10.8 Å². The van der Waals surface area contributed by atoms with Crippen LogP contribution in [0.1, 0.15) is 10.4 Å². The number of carbonyl (C=O) groups excluding carboxylic acids is 1. The average molecular weight is 311 g/mol. The van der Waals surface area contributed by atoms with Crippen molar-refractivity contribution in [1.29, 1.82) is 0 Å². The number of anilines is 1. The molecular weight excluding hydrogens is 300 g/mol. The van der Waals surface area contributed by atoms with E-state index in [-0.39, 0.29) is 10.7 Å². The van der Waals surface area contributed by atoms with Crippen LogP contribution >= 0.6 is 11.6 Å². The molecule has 1 saturated heterocycles. The van der Waals surface area contributed by atoms with Gasteiger partial charge in [-0.1, -0.05) is 11.6 Å². The van der Waals surface area contributed by atoms with Gasteiger partial charge in [-0.05, 0) is 6.07 Å². The van der Waals surface area contributed by atoms with Crippen LogP contribution in [-0.4, -0.2) is 58.5 Å². The summed E-state index contributed by atoms with van der Waals surface area (Å²) in [6, 6.07) is 1.84. The molecule has 0 saturated carbocycles. The molecule has 1 N–H and O–H groups in total. The van der Waals surface area contributed by atoms with Gasteiger partial charge in [-0.2, -0.15) is 4.98 Å². The Kier molecular flexibility index (Phi) is 3.38. The van der Waals surface area contributed by atoms with E-state index in [0.717, 1.165) is 0 Å². The van der Waals surface area contributed by atoms with Crippen LogP contribution in [-0.2, 0) is 0 Å². The van der Waals surface area contributed by atoms with Crippen molar-refractivity contribution in [2.45, 2.75) is 0 Å². The summed E-state index contributed by atoms with van der Waals surface area (Å²) in [7, 11) is 0. The molecule has 1 aliphatic heterocycles. The molecule has 0 spiro atoms. The molecule has 1 fully saturated rings. The third kappa shape index (κ3) is 2.49. The van der Waals surface area contributed by atoms with Crippen molar-refractivity contribution in [3.05, 3.63) is 16.8 Å². The molecule has 0 unspecified atom stereocenters. The van der Waals surface area contributed by atoms with Gasteiger partial charge in [0.2, 0.25) is 5.65 Å². The first kappa shape index (κ1) is 13.6. The first-order chi connectivity index (χ1) is 10.1. The Labute approximate surface area is 123 Å². The number of carbonyl (C=O) groups is 2. The van der Waals surface area contributed by atoms with Crippen molar-refractivity contribution >= 4 is 41.2 Å². The van der Waals surface area contributed by atoms with Crippen molar-refractivity contribution in [3.63, 3.8) is 0 Å². The third-order valence-electron chi connectivity index (χ3n) is 3.30.